The van der Waals surface area contributed by atoms with Crippen molar-refractivity contribution in [2.24, 2.45) is 0 Å². The summed E-state index contributed by atoms with van der Waals surface area (Å²) in [5.74, 6) is -1.60. The average molecular weight is 422 g/mol. The molecule has 0 bridgehead atoms. The van der Waals surface area contributed by atoms with Crippen molar-refractivity contribution in [1.29, 1.82) is 0 Å². The second-order valence-corrected chi connectivity index (χ2v) is 8.25. The van der Waals surface area contributed by atoms with Crippen molar-refractivity contribution in [2.75, 3.05) is 18.5 Å². The van der Waals surface area contributed by atoms with Crippen molar-refractivity contribution in [3.63, 3.8) is 0 Å². The summed E-state index contributed by atoms with van der Waals surface area (Å²) in [7, 11) is -3.78. The van der Waals surface area contributed by atoms with Crippen LogP contribution in [-0.2, 0) is 24.3 Å². The van der Waals surface area contributed by atoms with E-state index in [-0.39, 0.29) is 24.3 Å². The molecule has 2 aromatic rings. The molecule has 0 saturated heterocycles. The first kappa shape index (κ1) is 22.5. The number of ether oxygens (including phenoxy) is 1. The van der Waals surface area contributed by atoms with Crippen LogP contribution in [0, 0.1) is 19.7 Å². The molecule has 2 rings (SSSR count). The summed E-state index contributed by atoms with van der Waals surface area (Å²) >= 11 is 0. The largest absolute Gasteiger partial charge is 0.456 e. The lowest BCUT2D eigenvalue weighted by Gasteiger charge is -2.10. The summed E-state index contributed by atoms with van der Waals surface area (Å²) in [5.41, 5.74) is 2.62. The number of anilines is 1. The fourth-order valence-electron chi connectivity index (χ4n) is 2.49. The first-order valence-electron chi connectivity index (χ1n) is 8.95. The number of halogens is 1. The maximum absolute atomic E-state index is 12.9. The van der Waals surface area contributed by atoms with E-state index in [1.54, 1.807) is 6.07 Å². The Hall–Kier alpha value is -2.78. The number of nitrogens with one attached hydrogen (secondary N) is 2. The Morgan fingerprint density at radius 1 is 1.07 bits per heavy atom. The SMILES string of the molecule is Cc1ccc(NC(=O)COC(=O)CCCNS(=O)(=O)c2ccc(F)cc2)c(C)c1. The maximum Gasteiger partial charge on any atom is 0.306 e. The number of benzene rings is 2. The third-order valence-corrected chi connectivity index (χ3v) is 5.47. The maximum atomic E-state index is 12.9. The molecule has 2 N–H and O–H groups in total. The second kappa shape index (κ2) is 10.1. The van der Waals surface area contributed by atoms with E-state index >= 15 is 0 Å². The molecule has 0 spiro atoms. The van der Waals surface area contributed by atoms with Gasteiger partial charge in [0.15, 0.2) is 6.61 Å². The Morgan fingerprint density at radius 3 is 2.41 bits per heavy atom. The van der Waals surface area contributed by atoms with Crippen LogP contribution in [0.2, 0.25) is 0 Å². The molecule has 29 heavy (non-hydrogen) atoms. The lowest BCUT2D eigenvalue weighted by Crippen LogP contribution is -2.26. The number of carbonyl (C=O) groups excluding carboxylic acids is 2. The molecule has 0 radical (unpaired) electrons. The standard InChI is InChI=1S/C20H23FN2O5S/c1-14-5-10-18(15(2)12-14)23-19(24)13-28-20(25)4-3-11-22-29(26,27)17-8-6-16(21)7-9-17/h5-10,12,22H,3-4,11,13H2,1-2H3,(H,23,24). The van der Waals surface area contributed by atoms with E-state index in [4.69, 9.17) is 4.74 Å². The number of esters is 1. The Balaban J connectivity index is 1.69. The number of amides is 1. The summed E-state index contributed by atoms with van der Waals surface area (Å²) < 4.78 is 44.1. The molecule has 1 amide bonds. The molecule has 7 nitrogen and oxygen atoms in total. The minimum atomic E-state index is -3.78. The van der Waals surface area contributed by atoms with Crippen LogP contribution in [0.5, 0.6) is 0 Å². The minimum absolute atomic E-state index is 0.00354. The zero-order valence-corrected chi connectivity index (χ0v) is 17.0. The van der Waals surface area contributed by atoms with Crippen LogP contribution in [0.1, 0.15) is 24.0 Å². The third-order valence-electron chi connectivity index (χ3n) is 3.99. The predicted molar refractivity (Wildman–Crippen MR) is 106 cm³/mol. The number of hydrogen-bond donors (Lipinski definition) is 2. The van der Waals surface area contributed by atoms with Gasteiger partial charge in [-0.2, -0.15) is 0 Å². The number of aryl methyl sites for hydroxylation is 2. The summed E-state index contributed by atoms with van der Waals surface area (Å²) in [6, 6.07) is 9.97. The van der Waals surface area contributed by atoms with Gasteiger partial charge in [-0.05, 0) is 56.2 Å². The molecule has 0 saturated carbocycles. The molecule has 0 aliphatic carbocycles. The van der Waals surface area contributed by atoms with Crippen molar-refractivity contribution in [1.82, 2.24) is 4.72 Å². The van der Waals surface area contributed by atoms with Gasteiger partial charge >= 0.3 is 5.97 Å². The van der Waals surface area contributed by atoms with Gasteiger partial charge in [-0.3, -0.25) is 9.59 Å². The van der Waals surface area contributed by atoms with Crippen molar-refractivity contribution < 1.29 is 27.1 Å². The van der Waals surface area contributed by atoms with Crippen LogP contribution in [-0.4, -0.2) is 33.4 Å². The van der Waals surface area contributed by atoms with Gasteiger partial charge in [-0.1, -0.05) is 17.7 Å². The van der Waals surface area contributed by atoms with Gasteiger partial charge in [-0.15, -0.1) is 0 Å². The molecule has 2 aromatic carbocycles. The van der Waals surface area contributed by atoms with E-state index < -0.39 is 34.3 Å². The average Bonchev–Trinajstić information content (AvgIpc) is 2.66. The Labute approximate surface area is 169 Å². The fraction of sp³-hybridized carbons (Fsp3) is 0.300. The van der Waals surface area contributed by atoms with E-state index in [2.05, 4.69) is 10.0 Å². The van der Waals surface area contributed by atoms with Crippen LogP contribution in [0.15, 0.2) is 47.4 Å². The Kier molecular flexibility index (Phi) is 7.86. The van der Waals surface area contributed by atoms with Gasteiger partial charge < -0.3 is 10.1 Å². The summed E-state index contributed by atoms with van der Waals surface area (Å²) in [6.07, 6.45) is 0.140. The minimum Gasteiger partial charge on any atom is -0.456 e. The highest BCUT2D eigenvalue weighted by molar-refractivity contribution is 7.89. The van der Waals surface area contributed by atoms with Crippen LogP contribution < -0.4 is 10.0 Å². The summed E-state index contributed by atoms with van der Waals surface area (Å²) in [6.45, 7) is 3.39. The highest BCUT2D eigenvalue weighted by Crippen LogP contribution is 2.15. The quantitative estimate of drug-likeness (QED) is 0.478. The Morgan fingerprint density at radius 2 is 1.76 bits per heavy atom. The fourth-order valence-corrected chi connectivity index (χ4v) is 3.57. The zero-order valence-electron chi connectivity index (χ0n) is 16.2. The molecule has 0 aromatic heterocycles. The topological polar surface area (TPSA) is 102 Å². The molecular formula is C20H23FN2O5S. The molecular weight excluding hydrogens is 399 g/mol. The molecule has 9 heteroatoms. The highest BCUT2D eigenvalue weighted by Gasteiger charge is 2.14. The lowest BCUT2D eigenvalue weighted by atomic mass is 10.1. The van der Waals surface area contributed by atoms with Crippen molar-refractivity contribution >= 4 is 27.6 Å². The van der Waals surface area contributed by atoms with Crippen LogP contribution >= 0.6 is 0 Å². The van der Waals surface area contributed by atoms with Gasteiger partial charge in [0, 0.05) is 18.7 Å². The monoisotopic (exact) mass is 422 g/mol. The first-order chi connectivity index (χ1) is 13.7. The number of rotatable bonds is 9. The molecule has 0 unspecified atom stereocenters. The third kappa shape index (κ3) is 7.28. The molecule has 0 aliphatic rings. The van der Waals surface area contributed by atoms with E-state index in [1.165, 1.54) is 0 Å². The summed E-state index contributed by atoms with van der Waals surface area (Å²) in [5, 5.41) is 2.67. The second-order valence-electron chi connectivity index (χ2n) is 6.48. The van der Waals surface area contributed by atoms with Gasteiger partial charge in [0.2, 0.25) is 10.0 Å². The Bertz CT molecular complexity index is 975. The number of sulfonamides is 1. The van der Waals surface area contributed by atoms with E-state index in [1.807, 2.05) is 26.0 Å². The van der Waals surface area contributed by atoms with E-state index in [9.17, 15) is 22.4 Å². The first-order valence-corrected chi connectivity index (χ1v) is 10.4. The molecule has 156 valence electrons. The lowest BCUT2D eigenvalue weighted by molar-refractivity contribution is -0.147. The van der Waals surface area contributed by atoms with E-state index in [0.717, 1.165) is 35.4 Å². The van der Waals surface area contributed by atoms with Gasteiger partial charge in [0.25, 0.3) is 5.91 Å². The highest BCUT2D eigenvalue weighted by atomic mass is 32.2. The number of hydrogen-bond acceptors (Lipinski definition) is 5. The molecule has 0 aliphatic heterocycles. The van der Waals surface area contributed by atoms with Gasteiger partial charge in [0.05, 0.1) is 4.90 Å². The zero-order chi connectivity index (χ0) is 21.4. The van der Waals surface area contributed by atoms with E-state index in [0.29, 0.717) is 5.69 Å². The van der Waals surface area contributed by atoms with Gasteiger partial charge in [0.1, 0.15) is 5.82 Å². The smallest absolute Gasteiger partial charge is 0.306 e. The van der Waals surface area contributed by atoms with Crippen molar-refractivity contribution in [3.05, 3.63) is 59.4 Å². The molecule has 0 heterocycles. The number of carbonyl (C=O) groups is 2. The van der Waals surface area contributed by atoms with Crippen LogP contribution in [0.25, 0.3) is 0 Å². The molecule has 0 atom stereocenters. The van der Waals surface area contributed by atoms with Crippen LogP contribution in [0.4, 0.5) is 10.1 Å². The predicted octanol–water partition coefficient (Wildman–Crippen LogP) is 2.68. The summed E-state index contributed by atoms with van der Waals surface area (Å²) in [4.78, 5) is 23.5. The van der Waals surface area contributed by atoms with Crippen LogP contribution in [0.3, 0.4) is 0 Å². The normalized spacial score (nSPS) is 11.1. The van der Waals surface area contributed by atoms with Gasteiger partial charge in [-0.25, -0.2) is 17.5 Å². The molecule has 0 fully saturated rings. The van der Waals surface area contributed by atoms with Crippen molar-refractivity contribution in [2.45, 2.75) is 31.6 Å². The van der Waals surface area contributed by atoms with Crippen molar-refractivity contribution in [3.8, 4) is 0 Å².